The zero-order valence-electron chi connectivity index (χ0n) is 9.90. The fourth-order valence-corrected chi connectivity index (χ4v) is 3.03. The predicted molar refractivity (Wildman–Crippen MR) is 78.1 cm³/mol. The van der Waals surface area contributed by atoms with Crippen LogP contribution in [0.4, 0.5) is 15.8 Å². The van der Waals surface area contributed by atoms with Gasteiger partial charge in [-0.25, -0.2) is 12.8 Å². The molecule has 106 valence electrons. The van der Waals surface area contributed by atoms with Crippen LogP contribution >= 0.6 is 23.2 Å². The van der Waals surface area contributed by atoms with Crippen molar-refractivity contribution in [3.05, 3.63) is 52.3 Å². The summed E-state index contributed by atoms with van der Waals surface area (Å²) in [7, 11) is -4.12. The van der Waals surface area contributed by atoms with Gasteiger partial charge >= 0.3 is 0 Å². The van der Waals surface area contributed by atoms with Gasteiger partial charge in [-0.2, -0.15) is 0 Å². The largest absolute Gasteiger partial charge is 0.399 e. The normalized spacial score (nSPS) is 11.3. The maximum atomic E-state index is 13.7. The standard InChI is InChI=1S/C12H9Cl2FN2O2S/c13-7-1-3-9(14)11(5-7)17-20(18,19)12-4-2-8(16)6-10(12)15/h1-6,17H,16H2. The zero-order valence-corrected chi connectivity index (χ0v) is 12.2. The molecule has 0 aliphatic carbocycles. The molecule has 0 saturated carbocycles. The lowest BCUT2D eigenvalue weighted by atomic mass is 10.3. The number of sulfonamides is 1. The van der Waals surface area contributed by atoms with E-state index in [-0.39, 0.29) is 16.4 Å². The molecule has 0 unspecified atom stereocenters. The number of anilines is 2. The number of rotatable bonds is 3. The SMILES string of the molecule is Nc1ccc(S(=O)(=O)Nc2cc(Cl)ccc2Cl)c(F)c1. The molecule has 4 nitrogen and oxygen atoms in total. The van der Waals surface area contributed by atoms with Crippen LogP contribution in [-0.2, 0) is 10.0 Å². The maximum absolute atomic E-state index is 13.7. The molecule has 0 amide bonds. The number of hydrogen-bond donors (Lipinski definition) is 2. The van der Waals surface area contributed by atoms with E-state index in [0.717, 1.165) is 12.1 Å². The van der Waals surface area contributed by atoms with Gasteiger partial charge in [0, 0.05) is 10.7 Å². The Balaban J connectivity index is 2.43. The summed E-state index contributed by atoms with van der Waals surface area (Å²) >= 11 is 11.6. The van der Waals surface area contributed by atoms with Gasteiger partial charge in [0.1, 0.15) is 10.7 Å². The maximum Gasteiger partial charge on any atom is 0.264 e. The van der Waals surface area contributed by atoms with Crippen LogP contribution < -0.4 is 10.5 Å². The van der Waals surface area contributed by atoms with E-state index in [4.69, 9.17) is 28.9 Å². The van der Waals surface area contributed by atoms with Gasteiger partial charge in [0.05, 0.1) is 10.7 Å². The Bertz CT molecular complexity index is 766. The van der Waals surface area contributed by atoms with Crippen LogP contribution in [0.3, 0.4) is 0 Å². The lowest BCUT2D eigenvalue weighted by Crippen LogP contribution is -2.15. The van der Waals surface area contributed by atoms with Crippen molar-refractivity contribution in [2.45, 2.75) is 4.90 Å². The number of nitrogen functional groups attached to an aromatic ring is 1. The Morgan fingerprint density at radius 3 is 2.45 bits per heavy atom. The van der Waals surface area contributed by atoms with Crippen molar-refractivity contribution in [2.24, 2.45) is 0 Å². The Kier molecular flexibility index (Phi) is 4.08. The van der Waals surface area contributed by atoms with E-state index in [1.165, 1.54) is 24.3 Å². The predicted octanol–water partition coefficient (Wildman–Crippen LogP) is 3.52. The third-order valence-electron chi connectivity index (χ3n) is 2.42. The summed E-state index contributed by atoms with van der Waals surface area (Å²) in [6, 6.07) is 7.56. The van der Waals surface area contributed by atoms with Crippen molar-refractivity contribution in [2.75, 3.05) is 10.5 Å². The molecular formula is C12H9Cl2FN2O2S. The highest BCUT2D eigenvalue weighted by Gasteiger charge is 2.20. The smallest absolute Gasteiger partial charge is 0.264 e. The van der Waals surface area contributed by atoms with E-state index < -0.39 is 20.7 Å². The molecule has 0 heterocycles. The Hall–Kier alpha value is -1.50. The molecule has 20 heavy (non-hydrogen) atoms. The van der Waals surface area contributed by atoms with Crippen LogP contribution in [0.25, 0.3) is 0 Å². The van der Waals surface area contributed by atoms with Crippen LogP contribution in [0, 0.1) is 5.82 Å². The quantitative estimate of drug-likeness (QED) is 0.843. The molecule has 0 bridgehead atoms. The van der Waals surface area contributed by atoms with Gasteiger partial charge in [-0.3, -0.25) is 4.72 Å². The first-order valence-corrected chi connectivity index (χ1v) is 7.56. The van der Waals surface area contributed by atoms with Crippen molar-refractivity contribution in [1.29, 1.82) is 0 Å². The summed E-state index contributed by atoms with van der Waals surface area (Å²) in [5.41, 5.74) is 5.57. The lowest BCUT2D eigenvalue weighted by Gasteiger charge is -2.11. The first-order chi connectivity index (χ1) is 9.29. The third kappa shape index (κ3) is 3.15. The zero-order chi connectivity index (χ0) is 14.9. The van der Waals surface area contributed by atoms with Gasteiger partial charge in [0.2, 0.25) is 0 Å². The van der Waals surface area contributed by atoms with Crippen molar-refractivity contribution >= 4 is 44.6 Å². The van der Waals surface area contributed by atoms with Crippen molar-refractivity contribution < 1.29 is 12.8 Å². The van der Waals surface area contributed by atoms with Crippen molar-refractivity contribution in [3.63, 3.8) is 0 Å². The van der Waals surface area contributed by atoms with Gasteiger partial charge in [0.25, 0.3) is 10.0 Å². The second-order valence-corrected chi connectivity index (χ2v) is 6.41. The summed E-state index contributed by atoms with van der Waals surface area (Å²) in [6.07, 6.45) is 0. The van der Waals surface area contributed by atoms with Gasteiger partial charge in [-0.15, -0.1) is 0 Å². The minimum absolute atomic E-state index is 0.0652. The molecule has 0 spiro atoms. The van der Waals surface area contributed by atoms with Crippen LogP contribution in [0.5, 0.6) is 0 Å². The minimum atomic E-state index is -4.12. The van der Waals surface area contributed by atoms with Gasteiger partial charge < -0.3 is 5.73 Å². The van der Waals surface area contributed by atoms with E-state index >= 15 is 0 Å². The third-order valence-corrected chi connectivity index (χ3v) is 4.38. The number of nitrogens with one attached hydrogen (secondary N) is 1. The van der Waals surface area contributed by atoms with Gasteiger partial charge in [-0.05, 0) is 36.4 Å². The second-order valence-electron chi connectivity index (χ2n) is 3.92. The van der Waals surface area contributed by atoms with Crippen LogP contribution in [-0.4, -0.2) is 8.42 Å². The number of benzene rings is 2. The Labute approximate surface area is 125 Å². The van der Waals surface area contributed by atoms with Crippen LogP contribution in [0.1, 0.15) is 0 Å². The first kappa shape index (κ1) is 14.9. The Morgan fingerprint density at radius 1 is 1.10 bits per heavy atom. The molecule has 0 fully saturated rings. The monoisotopic (exact) mass is 334 g/mol. The number of halogens is 3. The van der Waals surface area contributed by atoms with Crippen LogP contribution in [0.15, 0.2) is 41.3 Å². The lowest BCUT2D eigenvalue weighted by molar-refractivity contribution is 0.571. The highest BCUT2D eigenvalue weighted by molar-refractivity contribution is 7.92. The molecule has 2 aromatic rings. The average Bonchev–Trinajstić information content (AvgIpc) is 2.33. The number of hydrogen-bond acceptors (Lipinski definition) is 3. The molecule has 2 aromatic carbocycles. The second kappa shape index (κ2) is 5.47. The molecule has 0 saturated heterocycles. The molecule has 0 radical (unpaired) electrons. The summed E-state index contributed by atoms with van der Waals surface area (Å²) in [4.78, 5) is -0.525. The molecule has 8 heteroatoms. The van der Waals surface area contributed by atoms with Gasteiger partial charge in [0.15, 0.2) is 0 Å². The fourth-order valence-electron chi connectivity index (χ4n) is 1.51. The molecule has 0 aliphatic rings. The summed E-state index contributed by atoms with van der Waals surface area (Å²) < 4.78 is 40.1. The van der Waals surface area contributed by atoms with E-state index in [9.17, 15) is 12.8 Å². The summed E-state index contributed by atoms with van der Waals surface area (Å²) in [5.74, 6) is -0.948. The van der Waals surface area contributed by atoms with E-state index in [2.05, 4.69) is 4.72 Å². The minimum Gasteiger partial charge on any atom is -0.399 e. The number of nitrogens with two attached hydrogens (primary N) is 1. The molecule has 0 aliphatic heterocycles. The van der Waals surface area contributed by atoms with Crippen molar-refractivity contribution in [3.8, 4) is 0 Å². The Morgan fingerprint density at radius 2 is 1.80 bits per heavy atom. The first-order valence-electron chi connectivity index (χ1n) is 5.32. The summed E-state index contributed by atoms with van der Waals surface area (Å²) in [5, 5.41) is 0.443. The van der Waals surface area contributed by atoms with Crippen LogP contribution in [0.2, 0.25) is 10.0 Å². The summed E-state index contributed by atoms with van der Waals surface area (Å²) in [6.45, 7) is 0. The van der Waals surface area contributed by atoms with Crippen molar-refractivity contribution in [1.82, 2.24) is 0 Å². The highest BCUT2D eigenvalue weighted by atomic mass is 35.5. The van der Waals surface area contributed by atoms with E-state index in [0.29, 0.717) is 5.02 Å². The molecular weight excluding hydrogens is 326 g/mol. The van der Waals surface area contributed by atoms with Gasteiger partial charge in [-0.1, -0.05) is 23.2 Å². The fraction of sp³-hybridized carbons (Fsp3) is 0. The molecule has 3 N–H and O–H groups in total. The average molecular weight is 335 g/mol. The topological polar surface area (TPSA) is 72.2 Å². The molecule has 2 rings (SSSR count). The molecule has 0 atom stereocenters. The van der Waals surface area contributed by atoms with E-state index in [1.807, 2.05) is 0 Å². The van der Waals surface area contributed by atoms with E-state index in [1.54, 1.807) is 0 Å². The highest BCUT2D eigenvalue weighted by Crippen LogP contribution is 2.28. The molecule has 0 aromatic heterocycles.